The summed E-state index contributed by atoms with van der Waals surface area (Å²) in [6.45, 7) is 5.45. The van der Waals surface area contributed by atoms with Gasteiger partial charge in [0.2, 0.25) is 5.91 Å². The minimum Gasteiger partial charge on any atom is -0.481 e. The molecule has 1 aliphatic carbocycles. The van der Waals surface area contributed by atoms with Gasteiger partial charge in [-0.05, 0) is 44.1 Å². The van der Waals surface area contributed by atoms with Crippen molar-refractivity contribution in [2.75, 3.05) is 19.7 Å². The quantitative estimate of drug-likeness (QED) is 0.825. The number of likely N-dealkylation sites (tertiary alicyclic amines) is 1. The number of ether oxygens (including phenoxy) is 1. The van der Waals surface area contributed by atoms with Crippen LogP contribution in [0.5, 0.6) is 0 Å². The van der Waals surface area contributed by atoms with Crippen molar-refractivity contribution in [2.45, 2.75) is 33.3 Å². The van der Waals surface area contributed by atoms with E-state index in [9.17, 15) is 14.7 Å². The number of carbonyl (C=O) groups is 2. The SMILES string of the molecule is CC(C)(COCc1ccccc1)C(=O)N1C[C@H](C(=O)O)[C@@H](C2CC2)C1. The van der Waals surface area contributed by atoms with Crippen molar-refractivity contribution in [3.05, 3.63) is 35.9 Å². The third-order valence-corrected chi connectivity index (χ3v) is 5.35. The summed E-state index contributed by atoms with van der Waals surface area (Å²) >= 11 is 0. The molecule has 25 heavy (non-hydrogen) atoms. The van der Waals surface area contributed by atoms with Crippen LogP contribution in [0.25, 0.3) is 0 Å². The molecule has 0 spiro atoms. The van der Waals surface area contributed by atoms with E-state index in [2.05, 4.69) is 0 Å². The fourth-order valence-corrected chi connectivity index (χ4v) is 3.75. The van der Waals surface area contributed by atoms with Crippen molar-refractivity contribution in [3.63, 3.8) is 0 Å². The Bertz CT molecular complexity index is 624. The summed E-state index contributed by atoms with van der Waals surface area (Å²) in [6.07, 6.45) is 2.19. The summed E-state index contributed by atoms with van der Waals surface area (Å²) in [6, 6.07) is 9.87. The van der Waals surface area contributed by atoms with Gasteiger partial charge in [-0.2, -0.15) is 0 Å². The second-order valence-electron chi connectivity index (χ2n) is 8.02. The number of rotatable bonds is 7. The van der Waals surface area contributed by atoms with Gasteiger partial charge in [-0.25, -0.2) is 0 Å². The lowest BCUT2D eigenvalue weighted by atomic mass is 9.92. The van der Waals surface area contributed by atoms with Crippen LogP contribution in [-0.2, 0) is 20.9 Å². The molecule has 1 saturated heterocycles. The van der Waals surface area contributed by atoms with Gasteiger partial charge in [-0.15, -0.1) is 0 Å². The van der Waals surface area contributed by atoms with Gasteiger partial charge in [-0.1, -0.05) is 30.3 Å². The van der Waals surface area contributed by atoms with Gasteiger partial charge in [0.25, 0.3) is 0 Å². The molecule has 5 nitrogen and oxygen atoms in total. The molecule has 5 heteroatoms. The molecule has 0 radical (unpaired) electrons. The van der Waals surface area contributed by atoms with E-state index < -0.39 is 17.3 Å². The molecule has 1 aliphatic heterocycles. The van der Waals surface area contributed by atoms with Crippen LogP contribution in [0, 0.1) is 23.2 Å². The Morgan fingerprint density at radius 1 is 1.20 bits per heavy atom. The second kappa shape index (κ2) is 7.16. The first-order chi connectivity index (χ1) is 11.9. The van der Waals surface area contributed by atoms with E-state index in [1.165, 1.54) is 0 Å². The fourth-order valence-electron chi connectivity index (χ4n) is 3.75. The number of hydrogen-bond donors (Lipinski definition) is 1. The molecular formula is C20H27NO4. The summed E-state index contributed by atoms with van der Waals surface area (Å²) in [5.41, 5.74) is 0.419. The minimum absolute atomic E-state index is 0.00467. The minimum atomic E-state index is -0.773. The monoisotopic (exact) mass is 345 g/mol. The van der Waals surface area contributed by atoms with Crippen molar-refractivity contribution >= 4 is 11.9 Å². The fraction of sp³-hybridized carbons (Fsp3) is 0.600. The zero-order valence-electron chi connectivity index (χ0n) is 15.0. The van der Waals surface area contributed by atoms with Gasteiger partial charge in [0.05, 0.1) is 24.5 Å². The summed E-state index contributed by atoms with van der Waals surface area (Å²) in [4.78, 5) is 26.2. The number of nitrogens with zero attached hydrogens (tertiary/aromatic N) is 1. The molecule has 2 fully saturated rings. The first kappa shape index (κ1) is 17.9. The number of carboxylic acid groups (broad SMARTS) is 1. The van der Waals surface area contributed by atoms with Gasteiger partial charge in [-0.3, -0.25) is 9.59 Å². The van der Waals surface area contributed by atoms with E-state index in [-0.39, 0.29) is 11.8 Å². The Kier molecular flexibility index (Phi) is 5.13. The van der Waals surface area contributed by atoms with Crippen molar-refractivity contribution in [1.29, 1.82) is 0 Å². The molecule has 0 unspecified atom stereocenters. The molecule has 1 aromatic rings. The lowest BCUT2D eigenvalue weighted by molar-refractivity contribution is -0.144. The maximum absolute atomic E-state index is 12.9. The maximum atomic E-state index is 12.9. The lowest BCUT2D eigenvalue weighted by Crippen LogP contribution is -2.42. The highest BCUT2D eigenvalue weighted by Crippen LogP contribution is 2.44. The highest BCUT2D eigenvalue weighted by molar-refractivity contribution is 5.83. The lowest BCUT2D eigenvalue weighted by Gasteiger charge is -2.29. The Morgan fingerprint density at radius 3 is 2.48 bits per heavy atom. The highest BCUT2D eigenvalue weighted by atomic mass is 16.5. The average molecular weight is 345 g/mol. The number of amides is 1. The van der Waals surface area contributed by atoms with E-state index in [0.717, 1.165) is 18.4 Å². The molecule has 1 aromatic carbocycles. The largest absolute Gasteiger partial charge is 0.481 e. The summed E-state index contributed by atoms with van der Waals surface area (Å²) in [5, 5.41) is 9.47. The standard InChI is InChI=1S/C20H27NO4/c1-20(2,13-25-12-14-6-4-3-5-7-14)19(24)21-10-16(15-8-9-15)17(11-21)18(22)23/h3-7,15-17H,8-13H2,1-2H3,(H,22,23)/t16-,17+/m1/s1. The molecule has 1 saturated carbocycles. The molecule has 2 atom stereocenters. The molecule has 1 amide bonds. The van der Waals surface area contributed by atoms with E-state index in [0.29, 0.717) is 32.2 Å². The van der Waals surface area contributed by atoms with E-state index >= 15 is 0 Å². The molecule has 136 valence electrons. The third kappa shape index (κ3) is 4.21. The van der Waals surface area contributed by atoms with Gasteiger partial charge in [0, 0.05) is 13.1 Å². The van der Waals surface area contributed by atoms with Crippen LogP contribution in [-0.4, -0.2) is 41.6 Å². The second-order valence-corrected chi connectivity index (χ2v) is 8.02. The zero-order valence-corrected chi connectivity index (χ0v) is 15.0. The topological polar surface area (TPSA) is 66.8 Å². The summed E-state index contributed by atoms with van der Waals surface area (Å²) < 4.78 is 5.76. The Hall–Kier alpha value is -1.88. The van der Waals surface area contributed by atoms with E-state index in [1.807, 2.05) is 44.2 Å². The van der Waals surface area contributed by atoms with Crippen LogP contribution in [0.4, 0.5) is 0 Å². The van der Waals surface area contributed by atoms with Crippen LogP contribution < -0.4 is 0 Å². The summed E-state index contributed by atoms with van der Waals surface area (Å²) in [5.74, 6) is -0.600. The number of hydrogen-bond acceptors (Lipinski definition) is 3. The molecule has 3 rings (SSSR count). The third-order valence-electron chi connectivity index (χ3n) is 5.35. The van der Waals surface area contributed by atoms with Crippen molar-refractivity contribution in [1.82, 2.24) is 4.90 Å². The summed E-state index contributed by atoms with van der Waals surface area (Å²) in [7, 11) is 0. The molecule has 0 bridgehead atoms. The Balaban J connectivity index is 1.56. The van der Waals surface area contributed by atoms with Crippen LogP contribution in [0.3, 0.4) is 0 Å². The number of carboxylic acids is 1. The number of benzene rings is 1. The molecular weight excluding hydrogens is 318 g/mol. The van der Waals surface area contributed by atoms with E-state index in [1.54, 1.807) is 4.90 Å². The predicted octanol–water partition coefficient (Wildman–Crippen LogP) is 2.80. The van der Waals surface area contributed by atoms with Crippen LogP contribution in [0.15, 0.2) is 30.3 Å². The van der Waals surface area contributed by atoms with E-state index in [4.69, 9.17) is 4.74 Å². The Labute approximate surface area is 149 Å². The average Bonchev–Trinajstić information content (AvgIpc) is 3.33. The number of aliphatic carboxylic acids is 1. The van der Waals surface area contributed by atoms with Crippen LogP contribution >= 0.6 is 0 Å². The molecule has 1 heterocycles. The van der Waals surface area contributed by atoms with Crippen molar-refractivity contribution in [3.8, 4) is 0 Å². The zero-order chi connectivity index (χ0) is 18.0. The van der Waals surface area contributed by atoms with Gasteiger partial charge < -0.3 is 14.7 Å². The Morgan fingerprint density at radius 2 is 1.88 bits per heavy atom. The molecule has 2 aliphatic rings. The smallest absolute Gasteiger partial charge is 0.308 e. The molecule has 1 N–H and O–H groups in total. The normalized spacial score (nSPS) is 23.7. The van der Waals surface area contributed by atoms with Crippen LogP contribution in [0.1, 0.15) is 32.3 Å². The van der Waals surface area contributed by atoms with Gasteiger partial charge in [0.1, 0.15) is 0 Å². The van der Waals surface area contributed by atoms with Gasteiger partial charge in [0.15, 0.2) is 0 Å². The first-order valence-electron chi connectivity index (χ1n) is 9.02. The number of carbonyl (C=O) groups excluding carboxylic acids is 1. The predicted molar refractivity (Wildman–Crippen MR) is 93.8 cm³/mol. The van der Waals surface area contributed by atoms with Crippen molar-refractivity contribution in [2.24, 2.45) is 23.2 Å². The first-order valence-corrected chi connectivity index (χ1v) is 9.02. The van der Waals surface area contributed by atoms with Gasteiger partial charge >= 0.3 is 5.97 Å². The van der Waals surface area contributed by atoms with Crippen LogP contribution in [0.2, 0.25) is 0 Å². The highest BCUT2D eigenvalue weighted by Gasteiger charge is 2.48. The van der Waals surface area contributed by atoms with Crippen molar-refractivity contribution < 1.29 is 19.4 Å². The molecule has 0 aromatic heterocycles. The maximum Gasteiger partial charge on any atom is 0.308 e.